The molecular weight excluding hydrogens is 369 g/mol. The van der Waals surface area contributed by atoms with E-state index in [4.69, 9.17) is 4.74 Å². The van der Waals surface area contributed by atoms with Gasteiger partial charge in [-0.3, -0.25) is 9.48 Å². The predicted octanol–water partition coefficient (Wildman–Crippen LogP) is 0.0184. The summed E-state index contributed by atoms with van der Waals surface area (Å²) in [6.45, 7) is 0.583. The van der Waals surface area contributed by atoms with E-state index >= 15 is 0 Å². The first kappa shape index (κ1) is 17.4. The lowest BCUT2D eigenvalue weighted by Gasteiger charge is -2.11. The molecule has 2 aliphatic rings. The van der Waals surface area contributed by atoms with Crippen molar-refractivity contribution in [2.75, 3.05) is 19.8 Å². The van der Waals surface area contributed by atoms with Crippen molar-refractivity contribution in [3.63, 3.8) is 0 Å². The highest BCUT2D eigenvalue weighted by atomic mass is 19.1. The second-order valence-corrected chi connectivity index (χ2v) is 7.22. The minimum Gasteiger partial charge on any atom is -0.393 e. The summed E-state index contributed by atoms with van der Waals surface area (Å²) >= 11 is 0. The molecule has 0 bridgehead atoms. The van der Waals surface area contributed by atoms with Crippen molar-refractivity contribution in [2.45, 2.75) is 18.7 Å². The summed E-state index contributed by atoms with van der Waals surface area (Å²) in [6.07, 6.45) is -1.32. The van der Waals surface area contributed by atoms with Crippen LogP contribution in [0.5, 0.6) is 0 Å². The summed E-state index contributed by atoms with van der Waals surface area (Å²) in [5.41, 5.74) is 0.213. The first-order chi connectivity index (χ1) is 13.6. The number of halogens is 1. The van der Waals surface area contributed by atoms with Gasteiger partial charge in [0.05, 0.1) is 38.1 Å². The third-order valence-corrected chi connectivity index (χ3v) is 5.57. The van der Waals surface area contributed by atoms with Crippen LogP contribution in [0.2, 0.25) is 0 Å². The highest BCUT2D eigenvalue weighted by Gasteiger charge is 2.56. The van der Waals surface area contributed by atoms with Gasteiger partial charge < -0.3 is 14.9 Å². The summed E-state index contributed by atoms with van der Waals surface area (Å²) < 4.78 is 22.1. The number of rotatable bonds is 5. The lowest BCUT2D eigenvalue weighted by Crippen LogP contribution is -2.26. The van der Waals surface area contributed by atoms with Crippen LogP contribution in [0.1, 0.15) is 23.4 Å². The molecule has 2 fully saturated rings. The number of ether oxygens (including phenoxy) is 1. The summed E-state index contributed by atoms with van der Waals surface area (Å²) in [6, 6.07) is 6.11. The van der Waals surface area contributed by atoms with E-state index in [0.29, 0.717) is 18.8 Å². The van der Waals surface area contributed by atoms with Gasteiger partial charge in [0.1, 0.15) is 17.4 Å². The third-order valence-electron chi connectivity index (χ3n) is 5.57. The van der Waals surface area contributed by atoms with Crippen molar-refractivity contribution in [3.8, 4) is 0 Å². The molecule has 1 aliphatic carbocycles. The predicted molar refractivity (Wildman–Crippen MR) is 94.0 cm³/mol. The van der Waals surface area contributed by atoms with Gasteiger partial charge in [-0.1, -0.05) is 23.4 Å². The van der Waals surface area contributed by atoms with Crippen LogP contribution < -0.4 is 5.56 Å². The highest BCUT2D eigenvalue weighted by molar-refractivity contribution is 5.76. The molecule has 9 nitrogen and oxygen atoms in total. The summed E-state index contributed by atoms with van der Waals surface area (Å²) in [5.74, 6) is 0.0840. The average molecular weight is 387 g/mol. The molecule has 1 aromatic carbocycles. The first-order valence-electron chi connectivity index (χ1n) is 9.06. The number of hydrogen-bond acceptors (Lipinski definition) is 7. The Bertz CT molecular complexity index is 1100. The maximum atomic E-state index is 14.1. The molecule has 3 atom stereocenters. The molecular formula is C18H18FN5O4. The van der Waals surface area contributed by atoms with Crippen molar-refractivity contribution in [1.82, 2.24) is 24.8 Å². The van der Waals surface area contributed by atoms with E-state index in [0.717, 1.165) is 0 Å². The van der Waals surface area contributed by atoms with Crippen LogP contribution in [0.15, 0.2) is 29.1 Å². The first-order valence-corrected chi connectivity index (χ1v) is 9.06. The Morgan fingerprint density at radius 1 is 1.25 bits per heavy atom. The zero-order valence-electron chi connectivity index (χ0n) is 14.8. The van der Waals surface area contributed by atoms with E-state index < -0.39 is 24.1 Å². The zero-order chi connectivity index (χ0) is 19.4. The smallest absolute Gasteiger partial charge is 0.298 e. The van der Waals surface area contributed by atoms with Crippen LogP contribution >= 0.6 is 0 Å². The molecule has 0 spiro atoms. The van der Waals surface area contributed by atoms with Gasteiger partial charge >= 0.3 is 0 Å². The van der Waals surface area contributed by atoms with Crippen molar-refractivity contribution >= 4 is 11.0 Å². The normalized spacial score (nSPS) is 24.5. The van der Waals surface area contributed by atoms with Crippen LogP contribution in [0.4, 0.5) is 4.39 Å². The maximum Gasteiger partial charge on any atom is 0.298 e. The van der Waals surface area contributed by atoms with Crippen LogP contribution in [-0.4, -0.2) is 54.8 Å². The Morgan fingerprint density at radius 3 is 2.71 bits per heavy atom. The van der Waals surface area contributed by atoms with Crippen LogP contribution in [0.3, 0.4) is 0 Å². The maximum absolute atomic E-state index is 14.1. The Kier molecular flexibility index (Phi) is 4.00. The van der Waals surface area contributed by atoms with Crippen molar-refractivity contribution in [3.05, 3.63) is 51.7 Å². The molecule has 1 saturated heterocycles. The SMILES string of the molecule is O=c1c2nn(Cc3ccccc3F)c(C(O)CO)c2nnn1C1C2COCC21. The molecule has 5 rings (SSSR count). The monoisotopic (exact) mass is 387 g/mol. The Labute approximate surface area is 158 Å². The quantitative estimate of drug-likeness (QED) is 0.634. The zero-order valence-corrected chi connectivity index (χ0v) is 14.8. The standard InChI is InChI=1S/C18H18FN5O4/c19-12-4-2-1-3-9(12)5-23-17(13(26)6-25)14-15(21-23)18(27)24(22-20-14)16-10-7-28-8-11(10)16/h1-4,10-11,13,16,25-26H,5-8H2. The topological polar surface area (TPSA) is 115 Å². The fourth-order valence-electron chi connectivity index (χ4n) is 4.04. The summed E-state index contributed by atoms with van der Waals surface area (Å²) in [4.78, 5) is 13.0. The van der Waals surface area contributed by atoms with E-state index in [1.807, 2.05) is 0 Å². The van der Waals surface area contributed by atoms with Gasteiger partial charge in [-0.25, -0.2) is 9.07 Å². The molecule has 146 valence electrons. The molecule has 28 heavy (non-hydrogen) atoms. The lowest BCUT2D eigenvalue weighted by molar-refractivity contribution is 0.0894. The van der Waals surface area contributed by atoms with E-state index in [-0.39, 0.29) is 41.1 Å². The second kappa shape index (κ2) is 6.43. The van der Waals surface area contributed by atoms with Crippen molar-refractivity contribution in [2.24, 2.45) is 11.8 Å². The van der Waals surface area contributed by atoms with E-state index in [9.17, 15) is 19.4 Å². The van der Waals surface area contributed by atoms with Crippen LogP contribution in [-0.2, 0) is 11.3 Å². The number of nitrogens with zero attached hydrogens (tertiary/aromatic N) is 5. The molecule has 1 aliphatic heterocycles. The van der Waals surface area contributed by atoms with Gasteiger partial charge in [0.2, 0.25) is 0 Å². The van der Waals surface area contributed by atoms with E-state index in [1.165, 1.54) is 15.4 Å². The molecule has 10 heteroatoms. The molecule has 3 aromatic rings. The molecule has 2 N–H and O–H groups in total. The highest BCUT2D eigenvalue weighted by Crippen LogP contribution is 2.53. The van der Waals surface area contributed by atoms with Gasteiger partial charge in [-0.2, -0.15) is 5.10 Å². The number of hydrogen-bond donors (Lipinski definition) is 2. The fraction of sp³-hybridized carbons (Fsp3) is 0.444. The Balaban J connectivity index is 1.62. The Hall–Kier alpha value is -2.69. The largest absolute Gasteiger partial charge is 0.393 e. The van der Waals surface area contributed by atoms with E-state index in [2.05, 4.69) is 15.4 Å². The molecule has 0 amide bonds. The van der Waals surface area contributed by atoms with Crippen molar-refractivity contribution in [1.29, 1.82) is 0 Å². The van der Waals surface area contributed by atoms with Crippen LogP contribution in [0, 0.1) is 17.7 Å². The Morgan fingerprint density at radius 2 is 2.00 bits per heavy atom. The molecule has 2 aromatic heterocycles. The van der Waals surface area contributed by atoms with Gasteiger partial charge in [0.25, 0.3) is 5.56 Å². The second-order valence-electron chi connectivity index (χ2n) is 7.22. The number of benzene rings is 1. The number of aliphatic hydroxyl groups is 2. The van der Waals surface area contributed by atoms with E-state index in [1.54, 1.807) is 18.2 Å². The summed E-state index contributed by atoms with van der Waals surface area (Å²) in [7, 11) is 0. The minimum atomic E-state index is -1.32. The average Bonchev–Trinajstić information content (AvgIpc) is 3.04. The van der Waals surface area contributed by atoms with Crippen LogP contribution in [0.25, 0.3) is 11.0 Å². The molecule has 1 saturated carbocycles. The van der Waals surface area contributed by atoms with Gasteiger partial charge in [0, 0.05) is 17.4 Å². The molecule has 3 unspecified atom stereocenters. The third kappa shape index (κ3) is 2.56. The lowest BCUT2D eigenvalue weighted by atomic mass is 10.2. The number of fused-ring (bicyclic) bond motifs is 2. The van der Waals surface area contributed by atoms with Gasteiger partial charge in [-0.05, 0) is 6.07 Å². The fourth-order valence-corrected chi connectivity index (χ4v) is 4.04. The minimum absolute atomic E-state index is 0.0165. The van der Waals surface area contributed by atoms with Crippen molar-refractivity contribution < 1.29 is 19.3 Å². The molecule has 0 radical (unpaired) electrons. The van der Waals surface area contributed by atoms with Gasteiger partial charge in [-0.15, -0.1) is 5.10 Å². The molecule has 3 heterocycles. The summed E-state index contributed by atoms with van der Waals surface area (Å²) in [5, 5.41) is 32.1. The number of aromatic nitrogens is 5. The number of aliphatic hydroxyl groups excluding tert-OH is 2. The van der Waals surface area contributed by atoms with Gasteiger partial charge in [0.15, 0.2) is 5.52 Å².